The van der Waals surface area contributed by atoms with Crippen LogP contribution in [-0.4, -0.2) is 25.7 Å². The highest BCUT2D eigenvalue weighted by Gasteiger charge is 2.39. The first kappa shape index (κ1) is 11.3. The molecule has 1 fully saturated rings. The average Bonchev–Trinajstić information content (AvgIpc) is 2.19. The van der Waals surface area contributed by atoms with Crippen molar-refractivity contribution in [3.8, 4) is 5.75 Å². The molecule has 0 saturated heterocycles. The van der Waals surface area contributed by atoms with Crippen molar-refractivity contribution in [2.24, 2.45) is 5.73 Å². The van der Waals surface area contributed by atoms with Gasteiger partial charge in [-0.1, -0.05) is 6.42 Å². The number of rotatable bonds is 3. The number of aromatic hydroxyl groups is 1. The second-order valence-electron chi connectivity index (χ2n) is 4.93. The third-order valence-corrected chi connectivity index (χ3v) is 3.77. The third-order valence-electron chi connectivity index (χ3n) is 3.77. The summed E-state index contributed by atoms with van der Waals surface area (Å²) >= 11 is 0. The SMILES string of the molecule is CN(C)c1ccc(O)c(C2(CN)CCC2)c1. The van der Waals surface area contributed by atoms with Crippen molar-refractivity contribution in [3.05, 3.63) is 23.8 Å². The van der Waals surface area contributed by atoms with Gasteiger partial charge in [0.15, 0.2) is 0 Å². The van der Waals surface area contributed by atoms with Gasteiger partial charge in [-0.05, 0) is 31.0 Å². The highest BCUT2D eigenvalue weighted by Crippen LogP contribution is 2.46. The van der Waals surface area contributed by atoms with Gasteiger partial charge in [0.05, 0.1) is 0 Å². The number of benzene rings is 1. The molecule has 0 aliphatic heterocycles. The molecule has 0 bridgehead atoms. The molecule has 3 heteroatoms. The molecule has 0 heterocycles. The predicted molar refractivity (Wildman–Crippen MR) is 67.0 cm³/mol. The van der Waals surface area contributed by atoms with Crippen LogP contribution in [0.1, 0.15) is 24.8 Å². The van der Waals surface area contributed by atoms with E-state index in [0.29, 0.717) is 12.3 Å². The van der Waals surface area contributed by atoms with Crippen molar-refractivity contribution in [1.82, 2.24) is 0 Å². The molecule has 1 saturated carbocycles. The molecule has 0 atom stereocenters. The minimum Gasteiger partial charge on any atom is -0.508 e. The fraction of sp³-hybridized carbons (Fsp3) is 0.538. The van der Waals surface area contributed by atoms with Crippen molar-refractivity contribution in [1.29, 1.82) is 0 Å². The van der Waals surface area contributed by atoms with E-state index in [9.17, 15) is 5.11 Å². The first-order valence-electron chi connectivity index (χ1n) is 5.80. The maximum Gasteiger partial charge on any atom is 0.119 e. The third kappa shape index (κ3) is 1.65. The number of nitrogens with two attached hydrogens (primary N) is 1. The topological polar surface area (TPSA) is 49.5 Å². The Labute approximate surface area is 96.9 Å². The lowest BCUT2D eigenvalue weighted by molar-refractivity contribution is 0.245. The summed E-state index contributed by atoms with van der Waals surface area (Å²) in [5, 5.41) is 9.97. The van der Waals surface area contributed by atoms with Gasteiger partial charge in [-0.3, -0.25) is 0 Å². The average molecular weight is 220 g/mol. The number of hydrogen-bond acceptors (Lipinski definition) is 3. The lowest BCUT2D eigenvalue weighted by Gasteiger charge is -2.42. The van der Waals surface area contributed by atoms with Crippen molar-refractivity contribution in [2.75, 3.05) is 25.5 Å². The summed E-state index contributed by atoms with van der Waals surface area (Å²) < 4.78 is 0. The molecule has 0 aromatic heterocycles. The van der Waals surface area contributed by atoms with Crippen molar-refractivity contribution in [3.63, 3.8) is 0 Å². The maximum atomic E-state index is 9.97. The molecule has 2 rings (SSSR count). The van der Waals surface area contributed by atoms with Crippen LogP contribution < -0.4 is 10.6 Å². The second-order valence-corrected chi connectivity index (χ2v) is 4.93. The number of hydrogen-bond donors (Lipinski definition) is 2. The fourth-order valence-electron chi connectivity index (χ4n) is 2.41. The molecule has 1 aliphatic carbocycles. The molecule has 1 aliphatic rings. The number of nitrogens with zero attached hydrogens (tertiary/aromatic N) is 1. The zero-order valence-corrected chi connectivity index (χ0v) is 10.0. The fourth-order valence-corrected chi connectivity index (χ4v) is 2.41. The minimum atomic E-state index is 0.0239. The van der Waals surface area contributed by atoms with Crippen LogP contribution in [0.3, 0.4) is 0 Å². The van der Waals surface area contributed by atoms with Crippen LogP contribution in [0.2, 0.25) is 0 Å². The smallest absolute Gasteiger partial charge is 0.119 e. The van der Waals surface area contributed by atoms with Crippen LogP contribution in [-0.2, 0) is 5.41 Å². The van der Waals surface area contributed by atoms with Gasteiger partial charge < -0.3 is 15.7 Å². The van der Waals surface area contributed by atoms with Crippen LogP contribution in [0, 0.1) is 0 Å². The van der Waals surface area contributed by atoms with Gasteiger partial charge in [-0.2, -0.15) is 0 Å². The normalized spacial score (nSPS) is 17.9. The van der Waals surface area contributed by atoms with E-state index < -0.39 is 0 Å². The van der Waals surface area contributed by atoms with Gasteiger partial charge >= 0.3 is 0 Å². The van der Waals surface area contributed by atoms with Gasteiger partial charge in [0, 0.05) is 37.3 Å². The Balaban J connectivity index is 2.42. The van der Waals surface area contributed by atoms with Crippen molar-refractivity contribution >= 4 is 5.69 Å². The summed E-state index contributed by atoms with van der Waals surface area (Å²) in [6.45, 7) is 0.622. The van der Waals surface area contributed by atoms with E-state index in [1.54, 1.807) is 6.07 Å². The Morgan fingerprint density at radius 2 is 2.06 bits per heavy atom. The van der Waals surface area contributed by atoms with Crippen LogP contribution in [0.4, 0.5) is 5.69 Å². The maximum absolute atomic E-state index is 9.97. The zero-order valence-electron chi connectivity index (χ0n) is 10.0. The summed E-state index contributed by atoms with van der Waals surface area (Å²) in [6, 6.07) is 5.78. The quantitative estimate of drug-likeness (QED) is 0.817. The van der Waals surface area contributed by atoms with Crippen molar-refractivity contribution in [2.45, 2.75) is 24.7 Å². The Morgan fingerprint density at radius 1 is 1.38 bits per heavy atom. The largest absolute Gasteiger partial charge is 0.508 e. The molecular weight excluding hydrogens is 200 g/mol. The van der Waals surface area contributed by atoms with Crippen LogP contribution in [0.5, 0.6) is 5.75 Å². The molecule has 0 unspecified atom stereocenters. The van der Waals surface area contributed by atoms with E-state index in [-0.39, 0.29) is 5.41 Å². The van der Waals surface area contributed by atoms with E-state index in [4.69, 9.17) is 5.73 Å². The van der Waals surface area contributed by atoms with E-state index in [0.717, 1.165) is 24.1 Å². The van der Waals surface area contributed by atoms with Crippen LogP contribution in [0.25, 0.3) is 0 Å². The highest BCUT2D eigenvalue weighted by molar-refractivity contribution is 5.54. The Morgan fingerprint density at radius 3 is 2.50 bits per heavy atom. The molecule has 0 spiro atoms. The summed E-state index contributed by atoms with van der Waals surface area (Å²) in [5.74, 6) is 0.385. The Hall–Kier alpha value is -1.22. The monoisotopic (exact) mass is 220 g/mol. The van der Waals surface area contributed by atoms with E-state index in [1.165, 1.54) is 6.42 Å². The lowest BCUT2D eigenvalue weighted by Crippen LogP contribution is -2.41. The summed E-state index contributed by atoms with van der Waals surface area (Å²) in [4.78, 5) is 2.05. The number of phenols is 1. The van der Waals surface area contributed by atoms with Crippen LogP contribution in [0.15, 0.2) is 18.2 Å². The van der Waals surface area contributed by atoms with Gasteiger partial charge in [-0.25, -0.2) is 0 Å². The highest BCUT2D eigenvalue weighted by atomic mass is 16.3. The molecule has 0 radical (unpaired) electrons. The van der Waals surface area contributed by atoms with E-state index in [1.807, 2.05) is 25.1 Å². The molecule has 0 amide bonds. The number of phenolic OH excluding ortho intramolecular Hbond substituents is 1. The van der Waals surface area contributed by atoms with Gasteiger partial charge in [0.2, 0.25) is 0 Å². The second kappa shape index (κ2) is 3.98. The molecule has 88 valence electrons. The molecule has 1 aromatic carbocycles. The zero-order chi connectivity index (χ0) is 11.8. The molecule has 3 nitrogen and oxygen atoms in total. The molecule has 1 aromatic rings. The standard InChI is InChI=1S/C13H20N2O/c1-15(2)10-4-5-12(16)11(8-10)13(9-14)6-3-7-13/h4-5,8,16H,3,6-7,9,14H2,1-2H3. The van der Waals surface area contributed by atoms with Crippen molar-refractivity contribution < 1.29 is 5.11 Å². The van der Waals surface area contributed by atoms with Gasteiger partial charge in [0.25, 0.3) is 0 Å². The minimum absolute atomic E-state index is 0.0239. The number of anilines is 1. The predicted octanol–water partition coefficient (Wildman–Crippen LogP) is 1.84. The van der Waals surface area contributed by atoms with Gasteiger partial charge in [-0.15, -0.1) is 0 Å². The summed E-state index contributed by atoms with van der Waals surface area (Å²) in [6.07, 6.45) is 3.39. The Kier molecular flexibility index (Phi) is 2.80. The lowest BCUT2D eigenvalue weighted by atomic mass is 9.64. The van der Waals surface area contributed by atoms with E-state index >= 15 is 0 Å². The first-order chi connectivity index (χ1) is 7.59. The Bertz CT molecular complexity index is 378. The molecule has 3 N–H and O–H groups in total. The van der Waals surface area contributed by atoms with E-state index in [2.05, 4.69) is 6.07 Å². The van der Waals surface area contributed by atoms with Gasteiger partial charge in [0.1, 0.15) is 5.75 Å². The summed E-state index contributed by atoms with van der Waals surface area (Å²) in [7, 11) is 4.01. The summed E-state index contributed by atoms with van der Waals surface area (Å²) in [5.41, 5.74) is 8.03. The first-order valence-corrected chi connectivity index (χ1v) is 5.80. The molecule has 16 heavy (non-hydrogen) atoms. The van der Waals surface area contributed by atoms with Crippen LogP contribution >= 0.6 is 0 Å². The molecular formula is C13H20N2O.